The Morgan fingerprint density at radius 2 is 1.91 bits per heavy atom. The van der Waals surface area contributed by atoms with Crippen LogP contribution in [-0.2, 0) is 13.1 Å². The lowest BCUT2D eigenvalue weighted by atomic mass is 9.95. The van der Waals surface area contributed by atoms with Crippen molar-refractivity contribution in [2.75, 3.05) is 0 Å². The van der Waals surface area contributed by atoms with Crippen LogP contribution in [0.25, 0.3) is 16.7 Å². The second-order valence-electron chi connectivity index (χ2n) is 9.20. The van der Waals surface area contributed by atoms with Gasteiger partial charge in [0.2, 0.25) is 5.78 Å². The number of fused-ring (bicyclic) bond motifs is 3. The zero-order chi connectivity index (χ0) is 24.5. The summed E-state index contributed by atoms with van der Waals surface area (Å²) in [4.78, 5) is 39.7. The summed E-state index contributed by atoms with van der Waals surface area (Å²) in [6.45, 7) is 2.38. The van der Waals surface area contributed by atoms with E-state index >= 15 is 0 Å². The number of hydrogen-bond acceptors (Lipinski definition) is 4. The van der Waals surface area contributed by atoms with Crippen LogP contribution in [0.4, 0.5) is 4.39 Å². The number of carbonyl (C=O) groups is 1. The highest BCUT2D eigenvalue weighted by atomic mass is 19.1. The fourth-order valence-electron chi connectivity index (χ4n) is 4.91. The number of aromatic nitrogens is 4. The Morgan fingerprint density at radius 3 is 2.66 bits per heavy atom. The number of nitrogens with zero attached hydrogens (tertiary/aromatic N) is 4. The molecule has 8 nitrogen and oxygen atoms in total. The molecule has 0 unspecified atom stereocenters. The maximum absolute atomic E-state index is 13.7. The number of halogens is 1. The van der Waals surface area contributed by atoms with E-state index < -0.39 is 11.5 Å². The highest BCUT2D eigenvalue weighted by molar-refractivity contribution is 5.98. The van der Waals surface area contributed by atoms with E-state index in [4.69, 9.17) is 0 Å². The molecule has 0 saturated heterocycles. The minimum atomic E-state index is -0.455. The number of benzene rings is 2. The summed E-state index contributed by atoms with van der Waals surface area (Å²) in [7, 11) is 0. The molecular formula is C26H28FN5O3. The van der Waals surface area contributed by atoms with Crippen molar-refractivity contribution >= 4 is 22.6 Å². The molecule has 1 N–H and O–H groups in total. The monoisotopic (exact) mass is 477 g/mol. The topological polar surface area (TPSA) is 90.4 Å². The Kier molecular flexibility index (Phi) is 6.23. The number of rotatable bonds is 6. The van der Waals surface area contributed by atoms with Crippen LogP contribution in [0.3, 0.4) is 0 Å². The summed E-state index contributed by atoms with van der Waals surface area (Å²) >= 11 is 0. The highest BCUT2D eigenvalue weighted by Gasteiger charge is 2.21. The zero-order valence-electron chi connectivity index (χ0n) is 19.7. The molecule has 2 aromatic heterocycles. The molecule has 1 amide bonds. The van der Waals surface area contributed by atoms with Crippen LogP contribution in [0.15, 0.2) is 52.1 Å². The normalized spacial score (nSPS) is 14.6. The Hall–Kier alpha value is -3.75. The second kappa shape index (κ2) is 9.48. The van der Waals surface area contributed by atoms with E-state index in [9.17, 15) is 18.8 Å². The Labute approximate surface area is 201 Å². The van der Waals surface area contributed by atoms with Crippen LogP contribution < -0.4 is 16.6 Å². The van der Waals surface area contributed by atoms with Gasteiger partial charge in [0.25, 0.3) is 11.5 Å². The molecule has 35 heavy (non-hydrogen) atoms. The fourth-order valence-corrected chi connectivity index (χ4v) is 4.91. The molecule has 1 saturated carbocycles. The maximum Gasteiger partial charge on any atom is 0.352 e. The molecule has 4 aromatic rings. The average molecular weight is 478 g/mol. The molecule has 0 atom stereocenters. The minimum Gasteiger partial charge on any atom is -0.349 e. The summed E-state index contributed by atoms with van der Waals surface area (Å²) in [5.74, 6) is -0.415. The van der Waals surface area contributed by atoms with Gasteiger partial charge in [-0.3, -0.25) is 14.2 Å². The van der Waals surface area contributed by atoms with Crippen LogP contribution in [-0.4, -0.2) is 30.7 Å². The van der Waals surface area contributed by atoms with Gasteiger partial charge in [-0.1, -0.05) is 38.3 Å². The van der Waals surface area contributed by atoms with Gasteiger partial charge in [-0.05, 0) is 55.2 Å². The molecule has 9 heteroatoms. The van der Waals surface area contributed by atoms with E-state index in [1.165, 1.54) is 32.2 Å². The van der Waals surface area contributed by atoms with Crippen LogP contribution >= 0.6 is 0 Å². The third-order valence-electron chi connectivity index (χ3n) is 6.65. The lowest BCUT2D eigenvalue weighted by Crippen LogP contribution is -2.36. The summed E-state index contributed by atoms with van der Waals surface area (Å²) in [5, 5.41) is 7.87. The summed E-state index contributed by atoms with van der Waals surface area (Å²) in [6.07, 6.45) is 5.97. The number of hydrogen-bond donors (Lipinski definition) is 1. The van der Waals surface area contributed by atoms with Gasteiger partial charge in [0, 0.05) is 18.2 Å². The van der Waals surface area contributed by atoms with Crippen LogP contribution in [0.2, 0.25) is 0 Å². The Morgan fingerprint density at radius 1 is 1.11 bits per heavy atom. The molecule has 1 aliphatic carbocycles. The number of carbonyl (C=O) groups excluding carboxylic acids is 1. The molecule has 182 valence electrons. The smallest absolute Gasteiger partial charge is 0.349 e. The van der Waals surface area contributed by atoms with Gasteiger partial charge in [-0.25, -0.2) is 18.3 Å². The van der Waals surface area contributed by atoms with Crippen molar-refractivity contribution in [3.63, 3.8) is 0 Å². The maximum atomic E-state index is 13.7. The molecule has 2 heterocycles. The van der Waals surface area contributed by atoms with Crippen molar-refractivity contribution in [1.29, 1.82) is 0 Å². The molecule has 0 aliphatic heterocycles. The van der Waals surface area contributed by atoms with Crippen molar-refractivity contribution in [3.8, 4) is 0 Å². The predicted molar refractivity (Wildman–Crippen MR) is 131 cm³/mol. The van der Waals surface area contributed by atoms with Gasteiger partial charge in [0.15, 0.2) is 0 Å². The third kappa shape index (κ3) is 4.38. The van der Waals surface area contributed by atoms with E-state index in [0.717, 1.165) is 25.7 Å². The number of nitrogens with one attached hydrogen (secondary N) is 1. The Balaban J connectivity index is 1.64. The SMILES string of the molecule is CCCn1c(=O)c2ccc(C(=O)NC3CCCCC3)cc2n2c(=O)n(Cc3cccc(F)c3)nc12. The van der Waals surface area contributed by atoms with Crippen molar-refractivity contribution in [2.45, 2.75) is 64.6 Å². The number of aryl methyl sites for hydroxylation is 1. The minimum absolute atomic E-state index is 0.0575. The van der Waals surface area contributed by atoms with Gasteiger partial charge in [0.1, 0.15) is 5.82 Å². The summed E-state index contributed by atoms with van der Waals surface area (Å²) < 4.78 is 17.8. The Bertz CT molecular complexity index is 1530. The summed E-state index contributed by atoms with van der Waals surface area (Å²) in [5.41, 5.74) is 0.586. The molecule has 0 spiro atoms. The average Bonchev–Trinajstić information content (AvgIpc) is 3.17. The van der Waals surface area contributed by atoms with Crippen LogP contribution in [0.1, 0.15) is 61.4 Å². The molecule has 0 bridgehead atoms. The zero-order valence-corrected chi connectivity index (χ0v) is 19.7. The van der Waals surface area contributed by atoms with Crippen molar-refractivity contribution < 1.29 is 9.18 Å². The third-order valence-corrected chi connectivity index (χ3v) is 6.65. The van der Waals surface area contributed by atoms with Gasteiger partial charge < -0.3 is 5.32 Å². The molecule has 2 aromatic carbocycles. The van der Waals surface area contributed by atoms with Crippen molar-refractivity contribution in [2.24, 2.45) is 0 Å². The van der Waals surface area contributed by atoms with E-state index in [2.05, 4.69) is 10.4 Å². The highest BCUT2D eigenvalue weighted by Crippen LogP contribution is 2.19. The van der Waals surface area contributed by atoms with E-state index in [1.807, 2.05) is 6.92 Å². The lowest BCUT2D eigenvalue weighted by Gasteiger charge is -2.22. The standard InChI is InChI=1S/C26H28FN5O3/c1-2-13-30-24(34)21-12-11-18(23(33)28-20-9-4-3-5-10-20)15-22(21)32-25(30)29-31(26(32)35)16-17-7-6-8-19(27)14-17/h6-8,11-12,14-15,20H,2-5,9-10,13,16H2,1H3,(H,28,33). The van der Waals surface area contributed by atoms with Gasteiger partial charge >= 0.3 is 5.69 Å². The molecule has 5 rings (SSSR count). The van der Waals surface area contributed by atoms with Crippen molar-refractivity contribution in [3.05, 3.63) is 80.2 Å². The predicted octanol–water partition coefficient (Wildman–Crippen LogP) is 3.47. The first-order valence-corrected chi connectivity index (χ1v) is 12.2. The molecule has 1 fully saturated rings. The largest absolute Gasteiger partial charge is 0.352 e. The summed E-state index contributed by atoms with van der Waals surface area (Å²) in [6, 6.07) is 10.9. The fraction of sp³-hybridized carbons (Fsp3) is 0.385. The first-order valence-electron chi connectivity index (χ1n) is 12.2. The van der Waals surface area contributed by atoms with E-state index in [1.54, 1.807) is 30.3 Å². The molecule has 0 radical (unpaired) electrons. The van der Waals surface area contributed by atoms with Gasteiger partial charge in [0.05, 0.1) is 17.4 Å². The molecule has 1 aliphatic rings. The van der Waals surface area contributed by atoms with E-state index in [0.29, 0.717) is 35.0 Å². The number of amides is 1. The lowest BCUT2D eigenvalue weighted by molar-refractivity contribution is 0.0928. The van der Waals surface area contributed by atoms with Crippen LogP contribution in [0, 0.1) is 5.82 Å². The van der Waals surface area contributed by atoms with Gasteiger partial charge in [-0.2, -0.15) is 0 Å². The quantitative estimate of drug-likeness (QED) is 0.461. The van der Waals surface area contributed by atoms with Gasteiger partial charge in [-0.15, -0.1) is 5.10 Å². The molecular weight excluding hydrogens is 449 g/mol. The first kappa shape index (κ1) is 23.0. The van der Waals surface area contributed by atoms with E-state index in [-0.39, 0.29) is 29.8 Å². The van der Waals surface area contributed by atoms with Crippen LogP contribution in [0.5, 0.6) is 0 Å². The first-order chi connectivity index (χ1) is 17.0. The second-order valence-corrected chi connectivity index (χ2v) is 9.20. The van der Waals surface area contributed by atoms with Crippen molar-refractivity contribution in [1.82, 2.24) is 24.1 Å².